The summed E-state index contributed by atoms with van der Waals surface area (Å²) in [5.41, 5.74) is 5.79. The molecule has 3 nitrogen and oxygen atoms in total. The van der Waals surface area contributed by atoms with Crippen LogP contribution in [0.1, 0.15) is 22.7 Å². The molecule has 0 aliphatic heterocycles. The molecule has 0 fully saturated rings. The van der Waals surface area contributed by atoms with Crippen LogP contribution in [0, 0.1) is 12.7 Å². The third-order valence-electron chi connectivity index (χ3n) is 3.02. The van der Waals surface area contributed by atoms with Crippen LogP contribution in [0.4, 0.5) is 4.39 Å². The van der Waals surface area contributed by atoms with E-state index < -0.39 is 0 Å². The Bertz CT molecular complexity index is 514. The summed E-state index contributed by atoms with van der Waals surface area (Å²) in [6, 6.07) is 8.62. The van der Waals surface area contributed by atoms with Crippen molar-refractivity contribution in [3.63, 3.8) is 0 Å². The van der Waals surface area contributed by atoms with Gasteiger partial charge in [-0.25, -0.2) is 4.39 Å². The number of pyridine rings is 1. The molecule has 4 heteroatoms. The van der Waals surface area contributed by atoms with Crippen molar-refractivity contribution < 1.29 is 4.39 Å². The van der Waals surface area contributed by atoms with Crippen LogP contribution in [0.3, 0.4) is 0 Å². The van der Waals surface area contributed by atoms with E-state index in [1.54, 1.807) is 18.5 Å². The molecular formula is C14H16FN3. The lowest BCUT2D eigenvalue weighted by molar-refractivity contribution is 0.548. The molecule has 2 aromatic rings. The van der Waals surface area contributed by atoms with Gasteiger partial charge < -0.3 is 0 Å². The molecular weight excluding hydrogens is 229 g/mol. The normalized spacial score (nSPS) is 12.4. The first-order valence-corrected chi connectivity index (χ1v) is 5.82. The van der Waals surface area contributed by atoms with Gasteiger partial charge in [0, 0.05) is 12.4 Å². The minimum absolute atomic E-state index is 0.0251. The number of hydrazine groups is 1. The molecule has 3 N–H and O–H groups in total. The molecule has 18 heavy (non-hydrogen) atoms. The Labute approximate surface area is 106 Å². The summed E-state index contributed by atoms with van der Waals surface area (Å²) in [6.45, 7) is 1.90. The SMILES string of the molecule is Cc1cc(F)ccc1CC(NN)c1cccnc1. The van der Waals surface area contributed by atoms with Crippen LogP contribution in [0.15, 0.2) is 42.7 Å². The Balaban J connectivity index is 2.21. The zero-order valence-electron chi connectivity index (χ0n) is 10.2. The summed E-state index contributed by atoms with van der Waals surface area (Å²) >= 11 is 0. The zero-order valence-corrected chi connectivity index (χ0v) is 10.2. The van der Waals surface area contributed by atoms with Gasteiger partial charge in [0.05, 0.1) is 6.04 Å². The Morgan fingerprint density at radius 3 is 2.83 bits per heavy atom. The van der Waals surface area contributed by atoms with E-state index in [9.17, 15) is 4.39 Å². The van der Waals surface area contributed by atoms with Crippen molar-refractivity contribution in [2.24, 2.45) is 5.84 Å². The van der Waals surface area contributed by atoms with Crippen LogP contribution < -0.4 is 11.3 Å². The second kappa shape index (κ2) is 5.71. The predicted octanol–water partition coefficient (Wildman–Crippen LogP) is 2.28. The van der Waals surface area contributed by atoms with Crippen LogP contribution in [-0.2, 0) is 6.42 Å². The molecule has 0 aliphatic rings. The maximum absolute atomic E-state index is 13.0. The van der Waals surface area contributed by atoms with Gasteiger partial charge in [-0.05, 0) is 48.2 Å². The van der Waals surface area contributed by atoms with Crippen molar-refractivity contribution in [2.75, 3.05) is 0 Å². The Kier molecular flexibility index (Phi) is 4.02. The van der Waals surface area contributed by atoms with Gasteiger partial charge >= 0.3 is 0 Å². The van der Waals surface area contributed by atoms with Crippen molar-refractivity contribution >= 4 is 0 Å². The van der Waals surface area contributed by atoms with Gasteiger partial charge in [0.2, 0.25) is 0 Å². The molecule has 1 atom stereocenters. The lowest BCUT2D eigenvalue weighted by Crippen LogP contribution is -2.29. The average Bonchev–Trinajstić information content (AvgIpc) is 2.39. The second-order valence-electron chi connectivity index (χ2n) is 4.28. The van der Waals surface area contributed by atoms with Crippen LogP contribution in [-0.4, -0.2) is 4.98 Å². The third kappa shape index (κ3) is 2.91. The van der Waals surface area contributed by atoms with Crippen molar-refractivity contribution in [1.29, 1.82) is 0 Å². The molecule has 0 amide bonds. The monoisotopic (exact) mass is 245 g/mol. The minimum Gasteiger partial charge on any atom is -0.271 e. The van der Waals surface area contributed by atoms with E-state index in [0.717, 1.165) is 16.7 Å². The molecule has 0 saturated carbocycles. The average molecular weight is 245 g/mol. The number of rotatable bonds is 4. The number of nitrogens with zero attached hydrogens (tertiary/aromatic N) is 1. The number of halogens is 1. The van der Waals surface area contributed by atoms with E-state index in [4.69, 9.17) is 5.84 Å². The fraction of sp³-hybridized carbons (Fsp3) is 0.214. The van der Waals surface area contributed by atoms with Crippen LogP contribution in [0.5, 0.6) is 0 Å². The lowest BCUT2D eigenvalue weighted by Gasteiger charge is -2.17. The summed E-state index contributed by atoms with van der Waals surface area (Å²) in [5.74, 6) is 5.37. The van der Waals surface area contributed by atoms with Gasteiger partial charge in [-0.15, -0.1) is 0 Å². The predicted molar refractivity (Wildman–Crippen MR) is 69.1 cm³/mol. The van der Waals surface area contributed by atoms with Crippen LogP contribution >= 0.6 is 0 Å². The number of nitrogens with two attached hydrogens (primary N) is 1. The first-order valence-electron chi connectivity index (χ1n) is 5.82. The molecule has 0 aliphatic carbocycles. The van der Waals surface area contributed by atoms with Gasteiger partial charge in [0.15, 0.2) is 0 Å². The fourth-order valence-electron chi connectivity index (χ4n) is 1.96. The van der Waals surface area contributed by atoms with Crippen molar-refractivity contribution in [3.8, 4) is 0 Å². The highest BCUT2D eigenvalue weighted by Gasteiger charge is 2.12. The van der Waals surface area contributed by atoms with Crippen LogP contribution in [0.2, 0.25) is 0 Å². The van der Waals surface area contributed by atoms with Gasteiger partial charge in [-0.2, -0.15) is 0 Å². The summed E-state index contributed by atoms with van der Waals surface area (Å²) in [7, 11) is 0. The second-order valence-corrected chi connectivity index (χ2v) is 4.28. The molecule has 1 unspecified atom stereocenters. The maximum Gasteiger partial charge on any atom is 0.123 e. The number of aromatic nitrogens is 1. The number of nitrogens with one attached hydrogen (secondary N) is 1. The molecule has 0 saturated heterocycles. The van der Waals surface area contributed by atoms with E-state index in [2.05, 4.69) is 10.4 Å². The summed E-state index contributed by atoms with van der Waals surface area (Å²) in [4.78, 5) is 4.08. The Morgan fingerprint density at radius 2 is 2.22 bits per heavy atom. The zero-order chi connectivity index (χ0) is 13.0. The van der Waals surface area contributed by atoms with E-state index in [0.29, 0.717) is 6.42 Å². The molecule has 1 heterocycles. The highest BCUT2D eigenvalue weighted by Crippen LogP contribution is 2.19. The Morgan fingerprint density at radius 1 is 1.39 bits per heavy atom. The first kappa shape index (κ1) is 12.7. The number of aryl methyl sites for hydroxylation is 1. The number of benzene rings is 1. The molecule has 94 valence electrons. The smallest absolute Gasteiger partial charge is 0.123 e. The lowest BCUT2D eigenvalue weighted by atomic mass is 9.97. The summed E-state index contributed by atoms with van der Waals surface area (Å²) in [5, 5.41) is 0. The number of hydrogen-bond donors (Lipinski definition) is 2. The van der Waals surface area contributed by atoms with Gasteiger partial charge in [-0.1, -0.05) is 12.1 Å². The quantitative estimate of drug-likeness (QED) is 0.642. The van der Waals surface area contributed by atoms with Gasteiger partial charge in [0.25, 0.3) is 0 Å². The molecule has 0 bridgehead atoms. The van der Waals surface area contributed by atoms with E-state index in [-0.39, 0.29) is 11.9 Å². The largest absolute Gasteiger partial charge is 0.271 e. The third-order valence-corrected chi connectivity index (χ3v) is 3.02. The van der Waals surface area contributed by atoms with E-state index in [1.807, 2.05) is 19.1 Å². The molecule has 0 radical (unpaired) electrons. The summed E-state index contributed by atoms with van der Waals surface area (Å²) in [6.07, 6.45) is 4.21. The van der Waals surface area contributed by atoms with Gasteiger partial charge in [0.1, 0.15) is 5.82 Å². The molecule has 1 aromatic carbocycles. The van der Waals surface area contributed by atoms with Crippen LogP contribution in [0.25, 0.3) is 0 Å². The van der Waals surface area contributed by atoms with Crippen molar-refractivity contribution in [1.82, 2.24) is 10.4 Å². The van der Waals surface area contributed by atoms with E-state index in [1.165, 1.54) is 12.1 Å². The minimum atomic E-state index is -0.213. The molecule has 1 aromatic heterocycles. The standard InChI is InChI=1S/C14H16FN3/c1-10-7-13(15)5-4-11(10)8-14(18-16)12-3-2-6-17-9-12/h2-7,9,14,18H,8,16H2,1H3. The molecule has 0 spiro atoms. The maximum atomic E-state index is 13.0. The number of hydrogen-bond acceptors (Lipinski definition) is 3. The fourth-order valence-corrected chi connectivity index (χ4v) is 1.96. The highest BCUT2D eigenvalue weighted by atomic mass is 19.1. The molecule has 2 rings (SSSR count). The Hall–Kier alpha value is -1.78. The first-order chi connectivity index (χ1) is 8.70. The van der Waals surface area contributed by atoms with Crippen molar-refractivity contribution in [3.05, 3.63) is 65.2 Å². The highest BCUT2D eigenvalue weighted by molar-refractivity contribution is 5.29. The van der Waals surface area contributed by atoms with Crippen molar-refractivity contribution in [2.45, 2.75) is 19.4 Å². The summed E-state index contributed by atoms with van der Waals surface area (Å²) < 4.78 is 13.0. The van der Waals surface area contributed by atoms with E-state index >= 15 is 0 Å². The topological polar surface area (TPSA) is 50.9 Å². The van der Waals surface area contributed by atoms with Gasteiger partial charge in [-0.3, -0.25) is 16.3 Å².